The molecule has 3 aromatic carbocycles. The summed E-state index contributed by atoms with van der Waals surface area (Å²) in [5.41, 5.74) is 2.71. The van der Waals surface area contributed by atoms with Crippen molar-refractivity contribution in [2.24, 2.45) is 5.92 Å². The van der Waals surface area contributed by atoms with E-state index in [1.165, 1.54) is 0 Å². The first-order valence-electron chi connectivity index (χ1n) is 10.3. The quantitative estimate of drug-likeness (QED) is 0.531. The Morgan fingerprint density at radius 2 is 1.20 bits per heavy atom. The molecule has 0 bridgehead atoms. The summed E-state index contributed by atoms with van der Waals surface area (Å²) in [5.74, 6) is -0.142. The molecular weight excluding hydrogens is 372 g/mol. The van der Waals surface area contributed by atoms with Gasteiger partial charge < -0.3 is 5.32 Å². The van der Waals surface area contributed by atoms with Crippen LogP contribution in [0.1, 0.15) is 38.3 Å². The first-order valence-corrected chi connectivity index (χ1v) is 10.3. The summed E-state index contributed by atoms with van der Waals surface area (Å²) >= 11 is 0. The molecule has 0 unspecified atom stereocenters. The van der Waals surface area contributed by atoms with Crippen LogP contribution in [0.4, 0.5) is 11.4 Å². The number of nitrogens with zero attached hydrogens (tertiary/aromatic N) is 1. The van der Waals surface area contributed by atoms with E-state index in [4.69, 9.17) is 0 Å². The van der Waals surface area contributed by atoms with Crippen molar-refractivity contribution >= 4 is 23.2 Å². The molecule has 0 fully saturated rings. The Bertz CT molecular complexity index is 903. The predicted molar refractivity (Wildman–Crippen MR) is 121 cm³/mol. The number of amides is 2. The fraction of sp³-hybridized carbons (Fsp3) is 0.231. The molecule has 4 nitrogen and oxygen atoms in total. The zero-order chi connectivity index (χ0) is 21.3. The average molecular weight is 401 g/mol. The molecule has 154 valence electrons. The van der Waals surface area contributed by atoms with E-state index in [0.717, 1.165) is 16.9 Å². The van der Waals surface area contributed by atoms with E-state index < -0.39 is 0 Å². The van der Waals surface area contributed by atoms with Crippen LogP contribution in [0.2, 0.25) is 0 Å². The van der Waals surface area contributed by atoms with Crippen molar-refractivity contribution < 1.29 is 9.59 Å². The van der Waals surface area contributed by atoms with E-state index in [1.54, 1.807) is 4.90 Å². The number of para-hydroxylation sites is 2. The molecular formula is C26H28N2O2. The van der Waals surface area contributed by atoms with Gasteiger partial charge >= 0.3 is 0 Å². The average Bonchev–Trinajstić information content (AvgIpc) is 2.75. The number of carbonyl (C=O) groups is 2. The van der Waals surface area contributed by atoms with E-state index in [0.29, 0.717) is 6.42 Å². The SMILES string of the molecule is C[C@@H](CC(=O)N[C@H](C)c1ccccc1)CC(=O)N(c1ccccc1)c1ccccc1. The highest BCUT2D eigenvalue weighted by atomic mass is 16.2. The van der Waals surface area contributed by atoms with Crippen molar-refractivity contribution in [1.82, 2.24) is 5.32 Å². The van der Waals surface area contributed by atoms with Crippen LogP contribution < -0.4 is 10.2 Å². The van der Waals surface area contributed by atoms with Gasteiger partial charge in [-0.3, -0.25) is 14.5 Å². The first kappa shape index (κ1) is 21.3. The molecule has 0 aliphatic heterocycles. The first-order chi connectivity index (χ1) is 14.5. The molecule has 3 aromatic rings. The van der Waals surface area contributed by atoms with Gasteiger partial charge in [0.2, 0.25) is 11.8 Å². The number of rotatable bonds is 8. The van der Waals surface area contributed by atoms with Crippen LogP contribution >= 0.6 is 0 Å². The standard InChI is InChI=1S/C26H28N2O2/c1-20(18-25(29)27-21(2)22-12-6-3-7-13-22)19-26(30)28(23-14-8-4-9-15-23)24-16-10-5-11-17-24/h3-17,20-21H,18-19H2,1-2H3,(H,27,29)/t20-,21+/m0/s1. The molecule has 2 amide bonds. The topological polar surface area (TPSA) is 49.4 Å². The zero-order valence-corrected chi connectivity index (χ0v) is 17.5. The molecule has 3 rings (SSSR count). The van der Waals surface area contributed by atoms with Gasteiger partial charge in [-0.25, -0.2) is 0 Å². The molecule has 0 spiro atoms. The molecule has 0 saturated carbocycles. The van der Waals surface area contributed by atoms with Crippen molar-refractivity contribution in [1.29, 1.82) is 0 Å². The molecule has 2 atom stereocenters. The molecule has 0 aliphatic carbocycles. The van der Waals surface area contributed by atoms with Gasteiger partial charge in [0, 0.05) is 24.2 Å². The minimum atomic E-state index is -0.0737. The molecule has 0 aromatic heterocycles. The maximum Gasteiger partial charge on any atom is 0.231 e. The van der Waals surface area contributed by atoms with E-state index in [-0.39, 0.29) is 30.2 Å². The minimum absolute atomic E-state index is 0.0243. The lowest BCUT2D eigenvalue weighted by molar-refractivity contribution is -0.123. The van der Waals surface area contributed by atoms with Gasteiger partial charge in [0.15, 0.2) is 0 Å². The van der Waals surface area contributed by atoms with E-state index in [1.807, 2.05) is 105 Å². The number of hydrogen-bond acceptors (Lipinski definition) is 2. The maximum absolute atomic E-state index is 13.2. The van der Waals surface area contributed by atoms with Crippen LogP contribution in [-0.4, -0.2) is 11.8 Å². The van der Waals surface area contributed by atoms with E-state index in [9.17, 15) is 9.59 Å². The van der Waals surface area contributed by atoms with E-state index >= 15 is 0 Å². The maximum atomic E-state index is 13.2. The Balaban J connectivity index is 1.63. The second-order valence-corrected chi connectivity index (χ2v) is 7.61. The summed E-state index contributed by atoms with van der Waals surface area (Å²) in [6.45, 7) is 3.91. The number of hydrogen-bond donors (Lipinski definition) is 1. The summed E-state index contributed by atoms with van der Waals surface area (Å²) in [7, 11) is 0. The highest BCUT2D eigenvalue weighted by Crippen LogP contribution is 2.27. The minimum Gasteiger partial charge on any atom is -0.350 e. The van der Waals surface area contributed by atoms with Crippen molar-refractivity contribution in [2.75, 3.05) is 4.90 Å². The summed E-state index contributed by atoms with van der Waals surface area (Å²) in [4.78, 5) is 27.4. The summed E-state index contributed by atoms with van der Waals surface area (Å²) in [5, 5.41) is 3.03. The van der Waals surface area contributed by atoms with Crippen LogP contribution in [0.3, 0.4) is 0 Å². The third-order valence-corrected chi connectivity index (χ3v) is 5.01. The van der Waals surface area contributed by atoms with Crippen molar-refractivity contribution in [3.8, 4) is 0 Å². The lowest BCUT2D eigenvalue weighted by atomic mass is 10.0. The van der Waals surface area contributed by atoms with Gasteiger partial charge in [-0.05, 0) is 42.7 Å². The Kier molecular flexibility index (Phi) is 7.39. The molecule has 0 radical (unpaired) electrons. The largest absolute Gasteiger partial charge is 0.350 e. The van der Waals surface area contributed by atoms with Crippen LogP contribution in [-0.2, 0) is 9.59 Å². The second-order valence-electron chi connectivity index (χ2n) is 7.61. The smallest absolute Gasteiger partial charge is 0.231 e. The summed E-state index contributed by atoms with van der Waals surface area (Å²) in [6, 6.07) is 29.0. The molecule has 0 aliphatic rings. The highest BCUT2D eigenvalue weighted by molar-refractivity contribution is 6.00. The van der Waals surface area contributed by atoms with Gasteiger partial charge in [0.05, 0.1) is 6.04 Å². The lowest BCUT2D eigenvalue weighted by Gasteiger charge is -2.24. The number of carbonyl (C=O) groups excluding carboxylic acids is 2. The molecule has 0 saturated heterocycles. The van der Waals surface area contributed by atoms with Gasteiger partial charge in [-0.2, -0.15) is 0 Å². The molecule has 30 heavy (non-hydrogen) atoms. The number of nitrogens with one attached hydrogen (secondary N) is 1. The zero-order valence-electron chi connectivity index (χ0n) is 17.5. The van der Waals surface area contributed by atoms with Crippen molar-refractivity contribution in [3.05, 3.63) is 96.6 Å². The van der Waals surface area contributed by atoms with Crippen molar-refractivity contribution in [2.45, 2.75) is 32.7 Å². The van der Waals surface area contributed by atoms with Crippen LogP contribution in [0.25, 0.3) is 0 Å². The molecule has 4 heteroatoms. The molecule has 1 N–H and O–H groups in total. The summed E-state index contributed by atoms with van der Waals surface area (Å²) < 4.78 is 0. The Morgan fingerprint density at radius 3 is 1.70 bits per heavy atom. The number of benzene rings is 3. The Morgan fingerprint density at radius 1 is 0.733 bits per heavy atom. The van der Waals surface area contributed by atoms with Crippen molar-refractivity contribution in [3.63, 3.8) is 0 Å². The lowest BCUT2D eigenvalue weighted by Crippen LogP contribution is -2.31. The van der Waals surface area contributed by atoms with E-state index in [2.05, 4.69) is 5.32 Å². The van der Waals surface area contributed by atoms with Gasteiger partial charge in [-0.15, -0.1) is 0 Å². The Hall–Kier alpha value is -3.40. The van der Waals surface area contributed by atoms with Crippen LogP contribution in [0.15, 0.2) is 91.0 Å². The third kappa shape index (κ3) is 5.80. The monoisotopic (exact) mass is 400 g/mol. The fourth-order valence-corrected chi connectivity index (χ4v) is 3.49. The van der Waals surface area contributed by atoms with Crippen LogP contribution in [0, 0.1) is 5.92 Å². The van der Waals surface area contributed by atoms with Crippen LogP contribution in [0.5, 0.6) is 0 Å². The molecule has 0 heterocycles. The van der Waals surface area contributed by atoms with Gasteiger partial charge in [-0.1, -0.05) is 73.7 Å². The van der Waals surface area contributed by atoms with Gasteiger partial charge in [0.25, 0.3) is 0 Å². The summed E-state index contributed by atoms with van der Waals surface area (Å²) in [6.07, 6.45) is 0.595. The number of anilines is 2. The van der Waals surface area contributed by atoms with Gasteiger partial charge in [0.1, 0.15) is 0 Å². The fourth-order valence-electron chi connectivity index (χ4n) is 3.49. The third-order valence-electron chi connectivity index (χ3n) is 5.01. The predicted octanol–water partition coefficient (Wildman–Crippen LogP) is 5.65. The normalized spacial score (nSPS) is 12.6. The Labute approximate surface area is 178 Å². The second kappa shape index (κ2) is 10.4. The highest BCUT2D eigenvalue weighted by Gasteiger charge is 2.22.